The molecule has 1 fully saturated rings. The third kappa shape index (κ3) is 3.00. The van der Waals surface area contributed by atoms with Crippen LogP contribution in [0.5, 0.6) is 0 Å². The van der Waals surface area contributed by atoms with Gasteiger partial charge in [0.15, 0.2) is 0 Å². The molecule has 0 bridgehead atoms. The van der Waals surface area contributed by atoms with Crippen LogP contribution in [-0.4, -0.2) is 12.6 Å². The van der Waals surface area contributed by atoms with E-state index in [1.165, 1.54) is 38.5 Å². The van der Waals surface area contributed by atoms with E-state index in [1.807, 2.05) is 0 Å². The molecule has 1 unspecified atom stereocenters. The van der Waals surface area contributed by atoms with Crippen molar-refractivity contribution < 1.29 is 9.53 Å². The smallest absolute Gasteiger partial charge is 0.312 e. The van der Waals surface area contributed by atoms with E-state index in [2.05, 4.69) is 13.8 Å². The van der Waals surface area contributed by atoms with Gasteiger partial charge < -0.3 is 4.74 Å². The SMILES string of the molecule is CCCCC(CCCC)C1COC1=O. The van der Waals surface area contributed by atoms with Gasteiger partial charge in [-0.25, -0.2) is 0 Å². The molecule has 1 heterocycles. The molecule has 0 saturated carbocycles. The summed E-state index contributed by atoms with van der Waals surface area (Å²) in [6, 6.07) is 0. The minimum atomic E-state index is 0.0437. The molecule has 82 valence electrons. The van der Waals surface area contributed by atoms with E-state index in [1.54, 1.807) is 0 Å². The van der Waals surface area contributed by atoms with E-state index in [9.17, 15) is 4.79 Å². The van der Waals surface area contributed by atoms with Crippen LogP contribution in [0.25, 0.3) is 0 Å². The van der Waals surface area contributed by atoms with Crippen LogP contribution in [0.1, 0.15) is 52.4 Å². The lowest BCUT2D eigenvalue weighted by molar-refractivity contribution is -0.173. The van der Waals surface area contributed by atoms with Gasteiger partial charge in [-0.3, -0.25) is 4.79 Å². The predicted octanol–water partition coefficient (Wildman–Crippen LogP) is 3.16. The maximum absolute atomic E-state index is 11.2. The minimum Gasteiger partial charge on any atom is -0.464 e. The van der Waals surface area contributed by atoms with Crippen molar-refractivity contribution >= 4 is 5.97 Å². The van der Waals surface area contributed by atoms with Gasteiger partial charge in [-0.05, 0) is 18.8 Å². The van der Waals surface area contributed by atoms with Crippen molar-refractivity contribution in [1.82, 2.24) is 0 Å². The van der Waals surface area contributed by atoms with Crippen molar-refractivity contribution in [2.45, 2.75) is 52.4 Å². The molecule has 1 rings (SSSR count). The van der Waals surface area contributed by atoms with Crippen LogP contribution in [0, 0.1) is 11.8 Å². The van der Waals surface area contributed by atoms with Crippen molar-refractivity contribution in [2.24, 2.45) is 11.8 Å². The predicted molar refractivity (Wildman–Crippen MR) is 57.0 cm³/mol. The number of cyclic esters (lactones) is 1. The molecule has 2 nitrogen and oxygen atoms in total. The molecule has 1 aliphatic heterocycles. The second-order valence-electron chi connectivity index (χ2n) is 4.28. The van der Waals surface area contributed by atoms with E-state index >= 15 is 0 Å². The third-order valence-electron chi connectivity index (χ3n) is 3.13. The quantitative estimate of drug-likeness (QED) is 0.587. The van der Waals surface area contributed by atoms with Gasteiger partial charge in [-0.15, -0.1) is 0 Å². The molecular weight excluding hydrogens is 176 g/mol. The van der Waals surface area contributed by atoms with Gasteiger partial charge >= 0.3 is 5.97 Å². The molecule has 0 aromatic rings. The molecule has 0 spiro atoms. The fourth-order valence-corrected chi connectivity index (χ4v) is 2.06. The Bertz CT molecular complexity index is 169. The first-order valence-corrected chi connectivity index (χ1v) is 5.96. The van der Waals surface area contributed by atoms with E-state index < -0.39 is 0 Å². The summed E-state index contributed by atoms with van der Waals surface area (Å²) >= 11 is 0. The van der Waals surface area contributed by atoms with Crippen LogP contribution in [0.3, 0.4) is 0 Å². The average Bonchev–Trinajstić information content (AvgIpc) is 2.19. The summed E-state index contributed by atoms with van der Waals surface area (Å²) in [5.74, 6) is 0.867. The number of rotatable bonds is 7. The highest BCUT2D eigenvalue weighted by Gasteiger charge is 2.36. The maximum Gasteiger partial charge on any atom is 0.312 e. The first-order valence-electron chi connectivity index (χ1n) is 5.96. The molecule has 1 aliphatic rings. The Labute approximate surface area is 87.0 Å². The van der Waals surface area contributed by atoms with Gasteiger partial charge in [0.25, 0.3) is 0 Å². The van der Waals surface area contributed by atoms with E-state index in [-0.39, 0.29) is 11.9 Å². The molecular formula is C12H22O2. The largest absolute Gasteiger partial charge is 0.464 e. The summed E-state index contributed by atoms with van der Waals surface area (Å²) in [5, 5.41) is 0. The van der Waals surface area contributed by atoms with Crippen molar-refractivity contribution in [3.05, 3.63) is 0 Å². The Kier molecular flexibility index (Phi) is 4.99. The topological polar surface area (TPSA) is 26.3 Å². The zero-order chi connectivity index (χ0) is 10.4. The summed E-state index contributed by atoms with van der Waals surface area (Å²) < 4.78 is 4.85. The number of unbranched alkanes of at least 4 members (excludes halogenated alkanes) is 2. The van der Waals surface area contributed by atoms with Crippen LogP contribution in [0.2, 0.25) is 0 Å². The first kappa shape index (κ1) is 11.5. The molecule has 0 amide bonds. The fourth-order valence-electron chi connectivity index (χ4n) is 2.06. The number of hydrogen-bond donors (Lipinski definition) is 0. The maximum atomic E-state index is 11.2. The zero-order valence-corrected chi connectivity index (χ0v) is 9.42. The summed E-state index contributed by atoms with van der Waals surface area (Å²) in [6.07, 6.45) is 7.36. The Morgan fingerprint density at radius 2 is 1.86 bits per heavy atom. The number of hydrogen-bond acceptors (Lipinski definition) is 2. The molecule has 14 heavy (non-hydrogen) atoms. The molecule has 2 heteroatoms. The second kappa shape index (κ2) is 6.05. The Hall–Kier alpha value is -0.530. The zero-order valence-electron chi connectivity index (χ0n) is 9.42. The Morgan fingerprint density at radius 3 is 2.14 bits per heavy atom. The molecule has 1 saturated heterocycles. The van der Waals surface area contributed by atoms with Gasteiger partial charge in [0.2, 0.25) is 0 Å². The first-order chi connectivity index (χ1) is 6.79. The summed E-state index contributed by atoms with van der Waals surface area (Å²) in [5.41, 5.74) is 0. The van der Waals surface area contributed by atoms with Gasteiger partial charge in [-0.2, -0.15) is 0 Å². The van der Waals surface area contributed by atoms with Crippen LogP contribution in [0.4, 0.5) is 0 Å². The fraction of sp³-hybridized carbons (Fsp3) is 0.917. The number of carbonyl (C=O) groups is 1. The normalized spacial score (nSPS) is 20.8. The minimum absolute atomic E-state index is 0.0437. The summed E-state index contributed by atoms with van der Waals surface area (Å²) in [6.45, 7) is 5.09. The van der Waals surface area contributed by atoms with Gasteiger partial charge in [0.05, 0.1) is 5.92 Å². The van der Waals surface area contributed by atoms with E-state index in [4.69, 9.17) is 4.74 Å². The molecule has 0 aromatic carbocycles. The van der Waals surface area contributed by atoms with Crippen molar-refractivity contribution in [2.75, 3.05) is 6.61 Å². The van der Waals surface area contributed by atoms with Gasteiger partial charge in [0.1, 0.15) is 6.61 Å². The van der Waals surface area contributed by atoms with Crippen LogP contribution in [-0.2, 0) is 9.53 Å². The molecule has 0 aromatic heterocycles. The van der Waals surface area contributed by atoms with Crippen LogP contribution < -0.4 is 0 Å². The third-order valence-corrected chi connectivity index (χ3v) is 3.13. The highest BCUT2D eigenvalue weighted by molar-refractivity contribution is 5.77. The molecule has 0 aliphatic carbocycles. The standard InChI is InChI=1S/C12H22O2/c1-3-5-7-10(8-6-4-2)11-9-14-12(11)13/h10-11H,3-9H2,1-2H3. The van der Waals surface area contributed by atoms with E-state index in [0.717, 1.165) is 0 Å². The molecule has 0 N–H and O–H groups in total. The lowest BCUT2D eigenvalue weighted by atomic mass is 9.82. The number of carbonyl (C=O) groups excluding carboxylic acids is 1. The second-order valence-corrected chi connectivity index (χ2v) is 4.28. The highest BCUT2D eigenvalue weighted by Crippen LogP contribution is 2.30. The lowest BCUT2D eigenvalue weighted by Gasteiger charge is -2.32. The van der Waals surface area contributed by atoms with Crippen LogP contribution in [0.15, 0.2) is 0 Å². The van der Waals surface area contributed by atoms with Gasteiger partial charge in [-0.1, -0.05) is 39.5 Å². The van der Waals surface area contributed by atoms with Crippen LogP contribution >= 0.6 is 0 Å². The average molecular weight is 198 g/mol. The Morgan fingerprint density at radius 1 is 1.29 bits per heavy atom. The number of esters is 1. The highest BCUT2D eigenvalue weighted by atomic mass is 16.6. The van der Waals surface area contributed by atoms with Crippen molar-refractivity contribution in [3.8, 4) is 0 Å². The monoisotopic (exact) mass is 198 g/mol. The molecule has 1 atom stereocenters. The van der Waals surface area contributed by atoms with Gasteiger partial charge in [0, 0.05) is 0 Å². The lowest BCUT2D eigenvalue weighted by Crippen LogP contribution is -2.40. The summed E-state index contributed by atoms with van der Waals surface area (Å²) in [7, 11) is 0. The number of ether oxygens (including phenoxy) is 1. The van der Waals surface area contributed by atoms with E-state index in [0.29, 0.717) is 12.5 Å². The molecule has 0 radical (unpaired) electrons. The Balaban J connectivity index is 2.31. The van der Waals surface area contributed by atoms with Crippen molar-refractivity contribution in [3.63, 3.8) is 0 Å². The summed E-state index contributed by atoms with van der Waals surface area (Å²) in [4.78, 5) is 11.2. The van der Waals surface area contributed by atoms with Crippen molar-refractivity contribution in [1.29, 1.82) is 0 Å².